The van der Waals surface area contributed by atoms with Gasteiger partial charge in [-0.25, -0.2) is 0 Å². The fourth-order valence-electron chi connectivity index (χ4n) is 8.60. The van der Waals surface area contributed by atoms with E-state index in [0.717, 1.165) is 57.8 Å². The van der Waals surface area contributed by atoms with E-state index in [1.165, 1.54) is 116 Å². The molecule has 15 nitrogen and oxygen atoms in total. The van der Waals surface area contributed by atoms with Crippen LogP contribution in [0.3, 0.4) is 0 Å². The van der Waals surface area contributed by atoms with Crippen molar-refractivity contribution < 1.29 is 73.8 Å². The average Bonchev–Trinajstić information content (AvgIpc) is 3.33. The Morgan fingerprint density at radius 1 is 0.500 bits per heavy atom. The molecule has 7 N–H and O–H groups in total. The molecule has 15 heteroatoms. The predicted octanol–water partition coefficient (Wildman–Crippen LogP) is 7.94. The molecule has 11 atom stereocenters. The minimum Gasteiger partial charge on any atom is -0.462 e. The van der Waals surface area contributed by atoms with Gasteiger partial charge in [-0.05, 0) is 51.4 Å². The molecule has 0 aromatic heterocycles. The minimum absolute atomic E-state index is 0.162. The Morgan fingerprint density at radius 2 is 0.912 bits per heavy atom. The highest BCUT2D eigenvalue weighted by Crippen LogP contribution is 2.27. The monoisotopic (exact) mass is 973 g/mol. The van der Waals surface area contributed by atoms with Gasteiger partial charge in [-0.15, -0.1) is 6.58 Å². The maximum absolute atomic E-state index is 13.0. The van der Waals surface area contributed by atoms with Gasteiger partial charge in [-0.2, -0.15) is 0 Å². The fraction of sp³-hybridized carbons (Fsp3) is 0.887. The summed E-state index contributed by atoms with van der Waals surface area (Å²) in [5, 5.41) is 72.1. The largest absolute Gasteiger partial charge is 0.462 e. The summed E-state index contributed by atoms with van der Waals surface area (Å²) >= 11 is 0. The van der Waals surface area contributed by atoms with Crippen LogP contribution in [0.5, 0.6) is 0 Å². The molecule has 398 valence electrons. The van der Waals surface area contributed by atoms with Crippen molar-refractivity contribution in [3.05, 3.63) is 24.8 Å². The molecule has 68 heavy (non-hydrogen) atoms. The van der Waals surface area contributed by atoms with Gasteiger partial charge in [0.1, 0.15) is 55.4 Å². The summed E-state index contributed by atoms with van der Waals surface area (Å²) in [5.74, 6) is -0.925. The van der Waals surface area contributed by atoms with Crippen LogP contribution in [-0.2, 0) is 38.0 Å². The second-order valence-corrected chi connectivity index (χ2v) is 19.1. The van der Waals surface area contributed by atoms with E-state index in [-0.39, 0.29) is 26.1 Å². The lowest BCUT2D eigenvalue weighted by atomic mass is 9.98. The lowest BCUT2D eigenvalue weighted by Crippen LogP contribution is -2.61. The molecule has 0 aromatic rings. The highest BCUT2D eigenvalue weighted by atomic mass is 16.7. The third kappa shape index (κ3) is 28.1. The van der Waals surface area contributed by atoms with Gasteiger partial charge in [0.15, 0.2) is 18.7 Å². The molecule has 2 heterocycles. The van der Waals surface area contributed by atoms with E-state index in [1.54, 1.807) is 0 Å². The first kappa shape index (κ1) is 62.1. The maximum atomic E-state index is 13.0. The van der Waals surface area contributed by atoms with Crippen LogP contribution in [0.4, 0.5) is 0 Å². The minimum atomic E-state index is -1.76. The van der Waals surface area contributed by atoms with Gasteiger partial charge in [0.2, 0.25) is 0 Å². The van der Waals surface area contributed by atoms with Crippen molar-refractivity contribution in [2.24, 2.45) is 0 Å². The Morgan fingerprint density at radius 3 is 1.40 bits per heavy atom. The van der Waals surface area contributed by atoms with Crippen LogP contribution in [0, 0.1) is 0 Å². The van der Waals surface area contributed by atoms with Gasteiger partial charge in [-0.1, -0.05) is 160 Å². The molecule has 2 rings (SSSR count). The summed E-state index contributed by atoms with van der Waals surface area (Å²) in [5.41, 5.74) is 0. The van der Waals surface area contributed by atoms with E-state index in [9.17, 15) is 45.3 Å². The standard InChI is InChI=1S/C53H96O15/c1-3-5-7-9-11-13-15-17-19-20-22-24-26-28-30-32-34-36-45(56)66-41(38-63-44(55)35-33-31-29-27-25-23-21-18-16-14-12-10-8-6-4-2)39-64-52-51(62)49(60)47(58)43(68-52)40-65-53-50(61)48(59)46(57)42(37-54)67-53/h4,17,19,41-43,46-54,57-62H,2-3,5-16,18,20-40H2,1H3/b19-17+/t41-,42+,43+,46-,47-,48?,49?,50?,51?,52+,53+/m1/s1. The normalized spacial score (nSPS) is 25.7. The number of hydrogen-bond acceptors (Lipinski definition) is 15. The summed E-state index contributed by atoms with van der Waals surface area (Å²) in [6.07, 6.45) is 23.8. The number of unbranched alkanes of at least 4 members (excludes halogenated alkanes) is 26. The number of hydrogen-bond donors (Lipinski definition) is 7. The van der Waals surface area contributed by atoms with E-state index in [2.05, 4.69) is 25.7 Å². The van der Waals surface area contributed by atoms with Gasteiger partial charge in [0.25, 0.3) is 0 Å². The molecule has 0 spiro atoms. The zero-order chi connectivity index (χ0) is 49.6. The highest BCUT2D eigenvalue weighted by Gasteiger charge is 2.47. The summed E-state index contributed by atoms with van der Waals surface area (Å²) < 4.78 is 33.6. The first-order chi connectivity index (χ1) is 33.0. The molecule has 2 aliphatic rings. The topological polar surface area (TPSA) is 231 Å². The van der Waals surface area contributed by atoms with E-state index in [0.29, 0.717) is 12.8 Å². The number of aliphatic hydroxyl groups is 7. The van der Waals surface area contributed by atoms with E-state index >= 15 is 0 Å². The van der Waals surface area contributed by atoms with Gasteiger partial charge >= 0.3 is 11.9 Å². The summed E-state index contributed by atoms with van der Waals surface area (Å²) in [6, 6.07) is 0. The molecule has 2 aliphatic heterocycles. The number of aliphatic hydroxyl groups excluding tert-OH is 7. The summed E-state index contributed by atoms with van der Waals surface area (Å²) in [7, 11) is 0. The molecular formula is C53H96O15. The lowest BCUT2D eigenvalue weighted by molar-refractivity contribution is -0.332. The van der Waals surface area contributed by atoms with Crippen LogP contribution in [-0.4, -0.2) is 142 Å². The number of carbonyl (C=O) groups excluding carboxylic acids is 2. The molecule has 2 saturated heterocycles. The molecule has 0 aromatic carbocycles. The Kier molecular flexibility index (Phi) is 37.0. The summed E-state index contributed by atoms with van der Waals surface area (Å²) in [6.45, 7) is 4.14. The van der Waals surface area contributed by atoms with Crippen molar-refractivity contribution in [2.45, 2.75) is 273 Å². The zero-order valence-electron chi connectivity index (χ0n) is 41.9. The van der Waals surface area contributed by atoms with Crippen LogP contribution >= 0.6 is 0 Å². The number of allylic oxidation sites excluding steroid dienone is 3. The first-order valence-corrected chi connectivity index (χ1v) is 26.9. The maximum Gasteiger partial charge on any atom is 0.306 e. The second kappa shape index (κ2) is 40.6. The molecule has 2 fully saturated rings. The Hall–Kier alpha value is -2.02. The third-order valence-corrected chi connectivity index (χ3v) is 13.0. The van der Waals surface area contributed by atoms with Crippen LogP contribution in [0.25, 0.3) is 0 Å². The van der Waals surface area contributed by atoms with Gasteiger partial charge in [0, 0.05) is 12.8 Å². The summed E-state index contributed by atoms with van der Waals surface area (Å²) in [4.78, 5) is 25.8. The van der Waals surface area contributed by atoms with Crippen LogP contribution in [0.1, 0.15) is 206 Å². The zero-order valence-corrected chi connectivity index (χ0v) is 41.9. The molecule has 0 saturated carbocycles. The van der Waals surface area contributed by atoms with Crippen molar-refractivity contribution >= 4 is 11.9 Å². The molecule has 0 amide bonds. The van der Waals surface area contributed by atoms with Gasteiger partial charge < -0.3 is 64.2 Å². The lowest BCUT2D eigenvalue weighted by Gasteiger charge is -2.42. The quantitative estimate of drug-likeness (QED) is 0.0175. The molecular weight excluding hydrogens is 877 g/mol. The van der Waals surface area contributed by atoms with E-state index in [1.807, 2.05) is 6.08 Å². The van der Waals surface area contributed by atoms with Crippen LogP contribution < -0.4 is 0 Å². The fourth-order valence-corrected chi connectivity index (χ4v) is 8.60. The average molecular weight is 973 g/mol. The van der Waals surface area contributed by atoms with Crippen molar-refractivity contribution in [1.29, 1.82) is 0 Å². The number of rotatable bonds is 43. The SMILES string of the molecule is C=CCCCCCCCCCCCCCCCC(=O)OC[C@H](CO[C@H]1O[C@@H](CO[C@H]2O[C@@H](CO)[C@@H](O)C(O)C2O)[C@@H](O)C(O)C1O)OC(=O)CCCCCCCCC/C=C/CCCCCCCC. The first-order valence-electron chi connectivity index (χ1n) is 26.9. The Balaban J connectivity index is 1.79. The third-order valence-electron chi connectivity index (χ3n) is 13.0. The number of ether oxygens (including phenoxy) is 6. The van der Waals surface area contributed by atoms with Crippen LogP contribution in [0.2, 0.25) is 0 Å². The second-order valence-electron chi connectivity index (χ2n) is 19.1. The van der Waals surface area contributed by atoms with E-state index in [4.69, 9.17) is 28.4 Å². The molecule has 4 unspecified atom stereocenters. The number of carbonyl (C=O) groups is 2. The van der Waals surface area contributed by atoms with Gasteiger partial charge in [0.05, 0.1) is 19.8 Å². The Labute approximate surface area is 409 Å². The molecule has 0 aliphatic carbocycles. The highest BCUT2D eigenvalue weighted by molar-refractivity contribution is 5.70. The predicted molar refractivity (Wildman–Crippen MR) is 261 cm³/mol. The van der Waals surface area contributed by atoms with Crippen molar-refractivity contribution in [3.8, 4) is 0 Å². The number of esters is 2. The molecule has 0 bridgehead atoms. The smallest absolute Gasteiger partial charge is 0.306 e. The Bertz CT molecular complexity index is 1270. The van der Waals surface area contributed by atoms with E-state index < -0.39 is 92.7 Å². The molecule has 0 radical (unpaired) electrons. The van der Waals surface area contributed by atoms with Crippen molar-refractivity contribution in [2.75, 3.05) is 26.4 Å². The van der Waals surface area contributed by atoms with Crippen molar-refractivity contribution in [3.63, 3.8) is 0 Å². The van der Waals surface area contributed by atoms with Crippen LogP contribution in [0.15, 0.2) is 24.8 Å². The van der Waals surface area contributed by atoms with Crippen molar-refractivity contribution in [1.82, 2.24) is 0 Å². The van der Waals surface area contributed by atoms with Gasteiger partial charge in [-0.3, -0.25) is 9.59 Å².